The molecular weight excluding hydrogens is 258 g/mol. The van der Waals surface area contributed by atoms with Crippen LogP contribution in [0.2, 0.25) is 0 Å². The molecule has 0 aliphatic rings. The zero-order valence-electron chi connectivity index (χ0n) is 11.1. The van der Waals surface area contributed by atoms with Gasteiger partial charge in [-0.05, 0) is 12.1 Å². The van der Waals surface area contributed by atoms with Crippen molar-refractivity contribution >= 4 is 14.0 Å². The van der Waals surface area contributed by atoms with Gasteiger partial charge in [-0.2, -0.15) is 0 Å². The molecule has 0 fully saturated rings. The van der Waals surface area contributed by atoms with Crippen LogP contribution < -0.4 is 5.19 Å². The van der Waals surface area contributed by atoms with Crippen LogP contribution in [0, 0.1) is 0 Å². The van der Waals surface area contributed by atoms with Crippen LogP contribution in [0.5, 0.6) is 0 Å². The van der Waals surface area contributed by atoms with E-state index < -0.39 is 8.80 Å². The van der Waals surface area contributed by atoms with Crippen molar-refractivity contribution in [2.24, 2.45) is 0 Å². The first kappa shape index (κ1) is 13.9. The molecule has 0 N–H and O–H groups in total. The minimum Gasteiger partial charge on any atom is -0.373 e. The maximum atomic E-state index is 5.93. The Morgan fingerprint density at radius 1 is 0.947 bits per heavy atom. The fourth-order valence-corrected chi connectivity index (χ4v) is 3.79. The molecule has 0 aliphatic heterocycles. The molecule has 0 radical (unpaired) electrons. The largest absolute Gasteiger partial charge is 0.537 e. The van der Waals surface area contributed by atoms with Gasteiger partial charge in [0.05, 0.1) is 12.3 Å². The molecule has 1 aromatic heterocycles. The summed E-state index contributed by atoms with van der Waals surface area (Å²) in [5.41, 5.74) is 0.851. The van der Waals surface area contributed by atoms with Gasteiger partial charge in [-0.15, -0.1) is 0 Å². The van der Waals surface area contributed by atoms with Crippen molar-refractivity contribution in [3.05, 3.63) is 60.4 Å². The average Bonchev–Trinajstić information content (AvgIpc) is 2.51. The number of hydrogen-bond donors (Lipinski definition) is 0. The van der Waals surface area contributed by atoms with Crippen molar-refractivity contribution in [2.45, 2.75) is 6.61 Å². The fraction of sp³-hybridized carbons (Fsp3) is 0.214. The summed E-state index contributed by atoms with van der Waals surface area (Å²) in [5, 5.41) is 0.941. The van der Waals surface area contributed by atoms with Crippen LogP contribution in [0.4, 0.5) is 0 Å². The summed E-state index contributed by atoms with van der Waals surface area (Å²) in [7, 11) is 0.382. The molecule has 0 atom stereocenters. The summed E-state index contributed by atoms with van der Waals surface area (Å²) >= 11 is 0. The van der Waals surface area contributed by atoms with Gasteiger partial charge in [0.1, 0.15) is 0 Å². The predicted octanol–water partition coefficient (Wildman–Crippen LogP) is 1.74. The molecule has 0 saturated heterocycles. The lowest BCUT2D eigenvalue weighted by atomic mass is 10.4. The van der Waals surface area contributed by atoms with Crippen molar-refractivity contribution in [2.75, 3.05) is 14.2 Å². The van der Waals surface area contributed by atoms with Crippen LogP contribution in [-0.4, -0.2) is 28.0 Å². The SMILES string of the molecule is CO[Si](OC)(OCc1ccccn1)c1ccccc1. The van der Waals surface area contributed by atoms with E-state index in [4.69, 9.17) is 13.3 Å². The summed E-state index contributed by atoms with van der Waals surface area (Å²) < 4.78 is 17.1. The molecular formula is C14H17NO3Si. The minimum absolute atomic E-state index is 0.365. The monoisotopic (exact) mass is 275 g/mol. The van der Waals surface area contributed by atoms with Crippen molar-refractivity contribution in [3.63, 3.8) is 0 Å². The summed E-state index contributed by atoms with van der Waals surface area (Å²) in [6, 6.07) is 15.5. The van der Waals surface area contributed by atoms with Gasteiger partial charge < -0.3 is 13.3 Å². The van der Waals surface area contributed by atoms with Gasteiger partial charge in [-0.1, -0.05) is 36.4 Å². The molecule has 0 bridgehead atoms. The van der Waals surface area contributed by atoms with E-state index in [0.717, 1.165) is 10.9 Å². The first-order valence-electron chi connectivity index (χ1n) is 6.00. The normalized spacial score (nSPS) is 11.5. The highest BCUT2D eigenvalue weighted by Gasteiger charge is 2.41. The number of benzene rings is 1. The zero-order chi connectivity index (χ0) is 13.6. The van der Waals surface area contributed by atoms with Crippen molar-refractivity contribution in [1.29, 1.82) is 0 Å². The number of aromatic nitrogens is 1. The van der Waals surface area contributed by atoms with E-state index in [9.17, 15) is 0 Å². The quantitative estimate of drug-likeness (QED) is 0.753. The highest BCUT2D eigenvalue weighted by Crippen LogP contribution is 2.11. The fourth-order valence-electron chi connectivity index (χ4n) is 1.81. The van der Waals surface area contributed by atoms with Crippen LogP contribution in [0.15, 0.2) is 54.7 Å². The van der Waals surface area contributed by atoms with Gasteiger partial charge in [0, 0.05) is 25.6 Å². The lowest BCUT2D eigenvalue weighted by Gasteiger charge is -2.26. The lowest BCUT2D eigenvalue weighted by Crippen LogP contribution is -2.55. The van der Waals surface area contributed by atoms with Gasteiger partial charge in [-0.3, -0.25) is 4.98 Å². The van der Waals surface area contributed by atoms with Crippen LogP contribution in [0.25, 0.3) is 0 Å². The third-order valence-corrected chi connectivity index (χ3v) is 5.44. The Morgan fingerprint density at radius 2 is 1.63 bits per heavy atom. The Morgan fingerprint density at radius 3 is 2.21 bits per heavy atom. The van der Waals surface area contributed by atoms with E-state index in [1.54, 1.807) is 20.4 Å². The first-order valence-corrected chi connectivity index (χ1v) is 7.73. The van der Waals surface area contributed by atoms with Crippen LogP contribution in [0.3, 0.4) is 0 Å². The molecule has 4 nitrogen and oxygen atoms in total. The number of rotatable bonds is 6. The van der Waals surface area contributed by atoms with E-state index >= 15 is 0 Å². The molecule has 5 heteroatoms. The molecule has 1 aromatic carbocycles. The summed E-state index contributed by atoms with van der Waals surface area (Å²) in [6.07, 6.45) is 1.74. The van der Waals surface area contributed by atoms with E-state index in [1.165, 1.54) is 0 Å². The molecule has 2 aromatic rings. The molecule has 0 spiro atoms. The Balaban J connectivity index is 2.16. The van der Waals surface area contributed by atoms with Gasteiger partial charge in [-0.25, -0.2) is 0 Å². The van der Waals surface area contributed by atoms with Gasteiger partial charge >= 0.3 is 8.80 Å². The third-order valence-electron chi connectivity index (χ3n) is 2.80. The van der Waals surface area contributed by atoms with Crippen LogP contribution >= 0.6 is 0 Å². The van der Waals surface area contributed by atoms with Gasteiger partial charge in [0.15, 0.2) is 0 Å². The van der Waals surface area contributed by atoms with Crippen LogP contribution in [0.1, 0.15) is 5.69 Å². The van der Waals surface area contributed by atoms with Crippen LogP contribution in [-0.2, 0) is 19.9 Å². The number of pyridine rings is 1. The molecule has 0 amide bonds. The molecule has 100 valence electrons. The summed E-state index contributed by atoms with van der Waals surface area (Å²) in [6.45, 7) is 0.365. The average molecular weight is 275 g/mol. The second-order valence-corrected chi connectivity index (χ2v) is 6.74. The van der Waals surface area contributed by atoms with Crippen molar-refractivity contribution in [3.8, 4) is 0 Å². The molecule has 0 aliphatic carbocycles. The highest BCUT2D eigenvalue weighted by atomic mass is 28.4. The summed E-state index contributed by atoms with van der Waals surface area (Å²) in [4.78, 5) is 4.23. The smallest absolute Gasteiger partial charge is 0.373 e. The minimum atomic E-state index is -2.84. The second kappa shape index (κ2) is 6.58. The van der Waals surface area contributed by atoms with Crippen molar-refractivity contribution in [1.82, 2.24) is 4.98 Å². The topological polar surface area (TPSA) is 40.6 Å². The van der Waals surface area contributed by atoms with Crippen molar-refractivity contribution < 1.29 is 13.3 Å². The summed E-state index contributed by atoms with van der Waals surface area (Å²) in [5.74, 6) is 0. The predicted molar refractivity (Wildman–Crippen MR) is 74.9 cm³/mol. The molecule has 2 rings (SSSR count). The standard InChI is InChI=1S/C14H17NO3Si/c1-16-19(17-2,14-9-4-3-5-10-14)18-12-13-8-6-7-11-15-13/h3-11H,12H2,1-2H3. The molecule has 19 heavy (non-hydrogen) atoms. The zero-order valence-corrected chi connectivity index (χ0v) is 12.1. The first-order chi connectivity index (χ1) is 9.30. The third kappa shape index (κ3) is 3.27. The molecule has 0 saturated carbocycles. The Hall–Kier alpha value is -1.53. The van der Waals surface area contributed by atoms with E-state index in [-0.39, 0.29) is 0 Å². The van der Waals surface area contributed by atoms with Gasteiger partial charge in [0.2, 0.25) is 0 Å². The maximum Gasteiger partial charge on any atom is 0.537 e. The molecule has 0 unspecified atom stereocenters. The Bertz CT molecular complexity index is 489. The van der Waals surface area contributed by atoms with E-state index in [0.29, 0.717) is 6.61 Å². The molecule has 1 heterocycles. The maximum absolute atomic E-state index is 5.93. The van der Waals surface area contributed by atoms with E-state index in [1.807, 2.05) is 48.5 Å². The number of hydrogen-bond acceptors (Lipinski definition) is 4. The Kier molecular flexibility index (Phi) is 4.81. The lowest BCUT2D eigenvalue weighted by molar-refractivity contribution is 0.105. The highest BCUT2D eigenvalue weighted by molar-refractivity contribution is 6.75. The second-order valence-electron chi connectivity index (χ2n) is 3.94. The van der Waals surface area contributed by atoms with E-state index in [2.05, 4.69) is 4.98 Å². The Labute approximate surface area is 114 Å². The van der Waals surface area contributed by atoms with Gasteiger partial charge in [0.25, 0.3) is 0 Å². The number of nitrogens with zero attached hydrogens (tertiary/aromatic N) is 1.